The van der Waals surface area contributed by atoms with E-state index in [-0.39, 0.29) is 12.5 Å². The van der Waals surface area contributed by atoms with Crippen LogP contribution in [-0.2, 0) is 0 Å². The summed E-state index contributed by atoms with van der Waals surface area (Å²) in [7, 11) is 0. The fourth-order valence-corrected chi connectivity index (χ4v) is 2.72. The Morgan fingerprint density at radius 3 is 2.35 bits per heavy atom. The van der Waals surface area contributed by atoms with Gasteiger partial charge in [0.25, 0.3) is 0 Å². The highest BCUT2D eigenvalue weighted by Gasteiger charge is 2.17. The van der Waals surface area contributed by atoms with E-state index in [2.05, 4.69) is 33.0 Å². The monoisotopic (exact) mass is 297 g/mol. The molecule has 0 radical (unpaired) electrons. The van der Waals surface area contributed by atoms with Crippen molar-refractivity contribution >= 4 is 15.9 Å². The molecule has 17 heavy (non-hydrogen) atoms. The topological polar surface area (TPSA) is 23.5 Å². The molecule has 1 aliphatic rings. The molecular weight excluding hydrogens is 278 g/mol. The summed E-state index contributed by atoms with van der Waals surface area (Å²) in [5.41, 5.74) is 1.24. The van der Waals surface area contributed by atoms with E-state index in [9.17, 15) is 5.11 Å². The van der Waals surface area contributed by atoms with Crippen molar-refractivity contribution < 1.29 is 5.11 Å². The normalized spacial score (nSPS) is 19.2. The molecule has 1 N–H and O–H groups in total. The van der Waals surface area contributed by atoms with Gasteiger partial charge >= 0.3 is 0 Å². The average Bonchev–Trinajstić information content (AvgIpc) is 2.38. The molecule has 1 unspecified atom stereocenters. The molecule has 0 spiro atoms. The lowest BCUT2D eigenvalue weighted by molar-refractivity contribution is 0.179. The van der Waals surface area contributed by atoms with Crippen LogP contribution in [0.25, 0.3) is 0 Å². The number of aliphatic hydroxyl groups is 1. The smallest absolute Gasteiger partial charge is 0.0512 e. The van der Waals surface area contributed by atoms with Crippen LogP contribution in [0.4, 0.5) is 0 Å². The summed E-state index contributed by atoms with van der Waals surface area (Å²) in [4.78, 5) is 2.48. The predicted octanol–water partition coefficient (Wildman–Crippen LogP) is 3.01. The van der Waals surface area contributed by atoms with Crippen molar-refractivity contribution in [2.75, 3.05) is 26.2 Å². The number of halogens is 1. The molecule has 3 heteroatoms. The maximum absolute atomic E-state index is 9.54. The third kappa shape index (κ3) is 3.80. The van der Waals surface area contributed by atoms with Crippen LogP contribution in [0.5, 0.6) is 0 Å². The molecule has 1 aromatic carbocycles. The summed E-state index contributed by atoms with van der Waals surface area (Å²) in [6.45, 7) is 3.59. The number of aliphatic hydroxyl groups excluding tert-OH is 1. The second kappa shape index (κ2) is 6.53. The van der Waals surface area contributed by atoms with Crippen molar-refractivity contribution in [2.24, 2.45) is 0 Å². The third-order valence-electron chi connectivity index (χ3n) is 3.49. The van der Waals surface area contributed by atoms with Gasteiger partial charge in [0.15, 0.2) is 0 Å². The second-order valence-electron chi connectivity index (χ2n) is 4.79. The number of likely N-dealkylation sites (tertiary alicyclic amines) is 1. The molecule has 94 valence electrons. The van der Waals surface area contributed by atoms with E-state index in [1.165, 1.54) is 37.9 Å². The molecule has 1 aromatic rings. The zero-order valence-electron chi connectivity index (χ0n) is 10.1. The zero-order valence-corrected chi connectivity index (χ0v) is 11.7. The Morgan fingerprint density at radius 1 is 1.12 bits per heavy atom. The molecule has 1 saturated heterocycles. The Hall–Kier alpha value is -0.380. The summed E-state index contributed by atoms with van der Waals surface area (Å²) in [5.74, 6) is 0.251. The van der Waals surface area contributed by atoms with E-state index in [4.69, 9.17) is 0 Å². The Labute approximate surface area is 112 Å². The van der Waals surface area contributed by atoms with Gasteiger partial charge in [0.2, 0.25) is 0 Å². The lowest BCUT2D eigenvalue weighted by Crippen LogP contribution is -2.34. The van der Waals surface area contributed by atoms with Gasteiger partial charge in [-0.25, -0.2) is 0 Å². The van der Waals surface area contributed by atoms with Crippen LogP contribution in [-0.4, -0.2) is 36.2 Å². The molecule has 0 bridgehead atoms. The van der Waals surface area contributed by atoms with Gasteiger partial charge in [0, 0.05) is 16.9 Å². The van der Waals surface area contributed by atoms with E-state index in [1.54, 1.807) is 0 Å². The molecule has 0 amide bonds. The van der Waals surface area contributed by atoms with Crippen molar-refractivity contribution in [3.8, 4) is 0 Å². The molecule has 2 nitrogen and oxygen atoms in total. The number of hydrogen-bond acceptors (Lipinski definition) is 2. The van der Waals surface area contributed by atoms with Gasteiger partial charge in [-0.3, -0.25) is 0 Å². The molecule has 2 rings (SSSR count). The summed E-state index contributed by atoms with van der Waals surface area (Å²) >= 11 is 3.44. The number of nitrogens with zero attached hydrogens (tertiary/aromatic N) is 1. The first-order valence-corrected chi connectivity index (χ1v) is 7.17. The minimum Gasteiger partial charge on any atom is -0.396 e. The third-order valence-corrected chi connectivity index (χ3v) is 4.02. The molecule has 0 aromatic heterocycles. The van der Waals surface area contributed by atoms with Gasteiger partial charge in [-0.2, -0.15) is 0 Å². The number of piperidine rings is 1. The molecular formula is C14H20BrNO. The summed E-state index contributed by atoms with van der Waals surface area (Å²) in [5, 5.41) is 9.54. The largest absolute Gasteiger partial charge is 0.396 e. The first kappa shape index (κ1) is 13.1. The average molecular weight is 298 g/mol. The van der Waals surface area contributed by atoms with E-state index >= 15 is 0 Å². The van der Waals surface area contributed by atoms with Gasteiger partial charge in [-0.1, -0.05) is 34.5 Å². The van der Waals surface area contributed by atoms with Crippen LogP contribution in [0.3, 0.4) is 0 Å². The van der Waals surface area contributed by atoms with Crippen LogP contribution >= 0.6 is 15.9 Å². The van der Waals surface area contributed by atoms with Gasteiger partial charge < -0.3 is 10.0 Å². The van der Waals surface area contributed by atoms with Gasteiger partial charge in [-0.15, -0.1) is 0 Å². The standard InChI is InChI=1S/C14H20BrNO/c15-14-6-4-12(5-7-14)13(11-17)10-16-8-2-1-3-9-16/h4-7,13,17H,1-3,8-11H2. The van der Waals surface area contributed by atoms with E-state index in [0.717, 1.165) is 11.0 Å². The molecule has 1 fully saturated rings. The van der Waals surface area contributed by atoms with Crippen molar-refractivity contribution in [2.45, 2.75) is 25.2 Å². The van der Waals surface area contributed by atoms with Crippen LogP contribution < -0.4 is 0 Å². The Morgan fingerprint density at radius 2 is 1.76 bits per heavy atom. The summed E-state index contributed by atoms with van der Waals surface area (Å²) in [6.07, 6.45) is 3.97. The van der Waals surface area contributed by atoms with Crippen molar-refractivity contribution in [3.05, 3.63) is 34.3 Å². The van der Waals surface area contributed by atoms with Crippen LogP contribution in [0, 0.1) is 0 Å². The predicted molar refractivity (Wildman–Crippen MR) is 74.3 cm³/mol. The fourth-order valence-electron chi connectivity index (χ4n) is 2.46. The molecule has 1 heterocycles. The van der Waals surface area contributed by atoms with Crippen LogP contribution in [0.15, 0.2) is 28.7 Å². The number of benzene rings is 1. The second-order valence-corrected chi connectivity index (χ2v) is 5.71. The quantitative estimate of drug-likeness (QED) is 0.923. The van der Waals surface area contributed by atoms with E-state index in [0.29, 0.717) is 0 Å². The minimum absolute atomic E-state index is 0.234. The van der Waals surface area contributed by atoms with Crippen LogP contribution in [0.2, 0.25) is 0 Å². The highest BCUT2D eigenvalue weighted by Crippen LogP contribution is 2.21. The first-order chi connectivity index (χ1) is 8.29. The van der Waals surface area contributed by atoms with Crippen molar-refractivity contribution in [3.63, 3.8) is 0 Å². The Bertz CT molecular complexity index is 333. The highest BCUT2D eigenvalue weighted by molar-refractivity contribution is 9.10. The van der Waals surface area contributed by atoms with Crippen molar-refractivity contribution in [1.82, 2.24) is 4.90 Å². The number of hydrogen-bond donors (Lipinski definition) is 1. The first-order valence-electron chi connectivity index (χ1n) is 6.38. The maximum atomic E-state index is 9.54. The zero-order chi connectivity index (χ0) is 12.1. The van der Waals surface area contributed by atoms with E-state index < -0.39 is 0 Å². The van der Waals surface area contributed by atoms with Gasteiger partial charge in [-0.05, 0) is 43.6 Å². The molecule has 0 saturated carbocycles. The maximum Gasteiger partial charge on any atom is 0.0512 e. The van der Waals surface area contributed by atoms with Crippen molar-refractivity contribution in [1.29, 1.82) is 0 Å². The molecule has 1 aliphatic heterocycles. The lowest BCUT2D eigenvalue weighted by Gasteiger charge is -2.30. The molecule has 0 aliphatic carbocycles. The Balaban J connectivity index is 1.97. The SMILES string of the molecule is OCC(CN1CCCCC1)c1ccc(Br)cc1. The van der Waals surface area contributed by atoms with Crippen LogP contribution in [0.1, 0.15) is 30.7 Å². The minimum atomic E-state index is 0.234. The highest BCUT2D eigenvalue weighted by atomic mass is 79.9. The summed E-state index contributed by atoms with van der Waals surface area (Å²) in [6, 6.07) is 8.31. The fraction of sp³-hybridized carbons (Fsp3) is 0.571. The molecule has 1 atom stereocenters. The van der Waals surface area contributed by atoms with Gasteiger partial charge in [0.05, 0.1) is 6.61 Å². The number of rotatable bonds is 4. The Kier molecular flexibility index (Phi) is 5.01. The van der Waals surface area contributed by atoms with Gasteiger partial charge in [0.1, 0.15) is 0 Å². The lowest BCUT2D eigenvalue weighted by atomic mass is 9.98. The van der Waals surface area contributed by atoms with E-state index in [1.807, 2.05) is 12.1 Å². The summed E-state index contributed by atoms with van der Waals surface area (Å²) < 4.78 is 1.09.